The van der Waals surface area contributed by atoms with Crippen molar-refractivity contribution >= 4 is 61.5 Å². The third-order valence-electron chi connectivity index (χ3n) is 4.61. The lowest BCUT2D eigenvalue weighted by Gasteiger charge is -2.10. The van der Waals surface area contributed by atoms with E-state index in [4.69, 9.17) is 17.0 Å². The monoisotopic (exact) mass is 498 g/mol. The van der Waals surface area contributed by atoms with Gasteiger partial charge in [-0.25, -0.2) is 4.79 Å². The fourth-order valence-electron chi connectivity index (χ4n) is 3.26. The second-order valence-corrected chi connectivity index (χ2v) is 8.95. The Morgan fingerprint density at radius 1 is 1.31 bits per heavy atom. The van der Waals surface area contributed by atoms with Crippen molar-refractivity contribution in [2.75, 3.05) is 11.9 Å². The number of halogens is 1. The molecule has 0 saturated heterocycles. The second-order valence-electron chi connectivity index (χ2n) is 6.58. The number of nitrogens with one attached hydrogen (secondary N) is 2. The third kappa shape index (κ3) is 5.04. The molecule has 10 heteroatoms. The van der Waals surface area contributed by atoms with Crippen molar-refractivity contribution in [1.82, 2.24) is 15.1 Å². The average molecular weight is 499 g/mol. The molecule has 1 aliphatic carbocycles. The van der Waals surface area contributed by atoms with E-state index in [1.54, 1.807) is 17.8 Å². The van der Waals surface area contributed by atoms with Crippen molar-refractivity contribution in [2.45, 2.75) is 52.5 Å². The Bertz CT molecular complexity index is 938. The maximum absolute atomic E-state index is 12.6. The number of anilines is 1. The van der Waals surface area contributed by atoms with Gasteiger partial charge in [0.15, 0.2) is 10.8 Å². The van der Waals surface area contributed by atoms with Crippen LogP contribution in [0, 0.1) is 0 Å². The van der Waals surface area contributed by atoms with Crippen LogP contribution in [-0.4, -0.2) is 33.4 Å². The Labute approximate surface area is 187 Å². The number of hydrogen-bond donors (Lipinski definition) is 2. The molecular weight excluding hydrogens is 476 g/mol. The summed E-state index contributed by atoms with van der Waals surface area (Å²) < 4.78 is 7.52. The number of carbonyl (C=O) groups is 2. The highest BCUT2D eigenvalue weighted by Crippen LogP contribution is 2.38. The fourth-order valence-corrected chi connectivity index (χ4v) is 5.30. The van der Waals surface area contributed by atoms with Crippen molar-refractivity contribution in [3.63, 3.8) is 0 Å². The molecule has 1 aliphatic rings. The number of carbonyl (C=O) groups excluding carboxylic acids is 2. The van der Waals surface area contributed by atoms with E-state index in [0.717, 1.165) is 37.7 Å². The van der Waals surface area contributed by atoms with Crippen LogP contribution in [0.2, 0.25) is 0 Å². The van der Waals surface area contributed by atoms with Crippen LogP contribution in [0.25, 0.3) is 0 Å². The summed E-state index contributed by atoms with van der Waals surface area (Å²) in [6.07, 6.45) is 6.83. The molecule has 156 valence electrons. The fraction of sp³-hybridized carbons (Fsp3) is 0.474. The van der Waals surface area contributed by atoms with Crippen molar-refractivity contribution < 1.29 is 14.3 Å². The van der Waals surface area contributed by atoms with Gasteiger partial charge in [0, 0.05) is 17.6 Å². The first kappa shape index (κ1) is 21.9. The van der Waals surface area contributed by atoms with Gasteiger partial charge in [-0.05, 0) is 73.2 Å². The van der Waals surface area contributed by atoms with Gasteiger partial charge in [-0.15, -0.1) is 11.3 Å². The molecule has 2 N–H and O–H groups in total. The summed E-state index contributed by atoms with van der Waals surface area (Å²) in [7, 11) is 0. The minimum absolute atomic E-state index is 0.120. The van der Waals surface area contributed by atoms with E-state index < -0.39 is 5.91 Å². The summed E-state index contributed by atoms with van der Waals surface area (Å²) in [4.78, 5) is 26.3. The molecule has 0 aliphatic heterocycles. The highest BCUT2D eigenvalue weighted by molar-refractivity contribution is 9.10. The number of hydrogen-bond acceptors (Lipinski definition) is 6. The lowest BCUT2D eigenvalue weighted by atomic mass is 10.1. The smallest absolute Gasteiger partial charge is 0.341 e. The van der Waals surface area contributed by atoms with Gasteiger partial charge in [-0.1, -0.05) is 6.42 Å². The zero-order valence-electron chi connectivity index (χ0n) is 16.3. The summed E-state index contributed by atoms with van der Waals surface area (Å²) >= 11 is 10.2. The number of rotatable bonds is 5. The maximum Gasteiger partial charge on any atom is 0.341 e. The molecule has 0 atom stereocenters. The van der Waals surface area contributed by atoms with Gasteiger partial charge in [0.05, 0.1) is 16.6 Å². The molecule has 0 fully saturated rings. The van der Waals surface area contributed by atoms with Crippen LogP contribution in [0.1, 0.15) is 64.4 Å². The lowest BCUT2D eigenvalue weighted by molar-refractivity contribution is 0.0526. The Hall–Kier alpha value is -1.78. The van der Waals surface area contributed by atoms with E-state index in [1.165, 1.54) is 16.2 Å². The summed E-state index contributed by atoms with van der Waals surface area (Å²) in [6, 6.07) is 0. The quantitative estimate of drug-likeness (QED) is 0.363. The van der Waals surface area contributed by atoms with E-state index >= 15 is 0 Å². The molecule has 3 rings (SSSR count). The van der Waals surface area contributed by atoms with Crippen LogP contribution < -0.4 is 10.6 Å². The highest BCUT2D eigenvalue weighted by atomic mass is 79.9. The van der Waals surface area contributed by atoms with Gasteiger partial charge < -0.3 is 10.1 Å². The summed E-state index contributed by atoms with van der Waals surface area (Å²) in [5.74, 6) is -0.773. The van der Waals surface area contributed by atoms with Crippen LogP contribution in [0.5, 0.6) is 0 Å². The summed E-state index contributed by atoms with van der Waals surface area (Å²) in [5.41, 5.74) is 1.84. The van der Waals surface area contributed by atoms with Gasteiger partial charge in [0.2, 0.25) is 0 Å². The van der Waals surface area contributed by atoms with Gasteiger partial charge in [0.1, 0.15) is 5.00 Å². The largest absolute Gasteiger partial charge is 0.462 e. The minimum atomic E-state index is -0.419. The Morgan fingerprint density at radius 2 is 2.07 bits per heavy atom. The number of thiocarbonyl (C=S) groups is 1. The van der Waals surface area contributed by atoms with Crippen molar-refractivity contribution in [3.8, 4) is 0 Å². The first-order valence-corrected chi connectivity index (χ1v) is 11.6. The first-order valence-electron chi connectivity index (χ1n) is 9.61. The molecule has 0 aromatic carbocycles. The standard InChI is InChI=1S/C19H23BrN4O3S2/c1-3-24-10-12(20)15(23-24)16(25)21-19(28)22-17-14(18(26)27-4-2)11-8-6-5-7-9-13(11)29-17/h10H,3-9H2,1-2H3,(H2,21,22,25,28). The van der Waals surface area contributed by atoms with E-state index in [-0.39, 0.29) is 16.8 Å². The Balaban J connectivity index is 1.79. The molecular formula is C19H23BrN4O3S2. The van der Waals surface area contributed by atoms with Crippen LogP contribution >= 0.6 is 39.5 Å². The lowest BCUT2D eigenvalue weighted by Crippen LogP contribution is -2.34. The number of aryl methyl sites for hydroxylation is 2. The van der Waals surface area contributed by atoms with Crippen molar-refractivity contribution in [2.24, 2.45) is 0 Å². The van der Waals surface area contributed by atoms with Crippen LogP contribution in [0.3, 0.4) is 0 Å². The molecule has 0 spiro atoms. The number of aromatic nitrogens is 2. The predicted molar refractivity (Wildman–Crippen MR) is 121 cm³/mol. The van der Waals surface area contributed by atoms with Gasteiger partial charge >= 0.3 is 5.97 Å². The van der Waals surface area contributed by atoms with Crippen LogP contribution in [0.15, 0.2) is 10.7 Å². The van der Waals surface area contributed by atoms with Gasteiger partial charge in [-0.3, -0.25) is 14.8 Å². The van der Waals surface area contributed by atoms with E-state index in [1.807, 2.05) is 6.92 Å². The topological polar surface area (TPSA) is 85.2 Å². The molecule has 2 heterocycles. The summed E-state index contributed by atoms with van der Waals surface area (Å²) in [6.45, 7) is 4.68. The molecule has 1 amide bonds. The normalized spacial score (nSPS) is 13.3. The highest BCUT2D eigenvalue weighted by Gasteiger charge is 2.26. The Kier molecular flexibility index (Phi) is 7.42. The second kappa shape index (κ2) is 9.82. The molecule has 0 bridgehead atoms. The number of fused-ring (bicyclic) bond motifs is 1. The third-order valence-corrected chi connectivity index (χ3v) is 6.60. The first-order chi connectivity index (χ1) is 13.9. The number of thiophene rings is 1. The number of ether oxygens (including phenoxy) is 1. The maximum atomic E-state index is 12.6. The summed E-state index contributed by atoms with van der Waals surface area (Å²) in [5, 5.41) is 10.6. The van der Waals surface area contributed by atoms with Crippen LogP contribution in [-0.2, 0) is 24.1 Å². The van der Waals surface area contributed by atoms with E-state index in [9.17, 15) is 9.59 Å². The van der Waals surface area contributed by atoms with Crippen molar-refractivity contribution in [3.05, 3.63) is 32.4 Å². The zero-order valence-corrected chi connectivity index (χ0v) is 19.6. The molecule has 0 unspecified atom stereocenters. The molecule has 0 radical (unpaired) electrons. The Morgan fingerprint density at radius 3 is 2.76 bits per heavy atom. The van der Waals surface area contributed by atoms with Gasteiger partial charge in [0.25, 0.3) is 5.91 Å². The number of esters is 1. The van der Waals surface area contributed by atoms with Crippen molar-refractivity contribution in [1.29, 1.82) is 0 Å². The minimum Gasteiger partial charge on any atom is -0.462 e. The molecule has 29 heavy (non-hydrogen) atoms. The zero-order chi connectivity index (χ0) is 21.0. The molecule has 0 saturated carbocycles. The predicted octanol–water partition coefficient (Wildman–Crippen LogP) is 4.30. The molecule has 2 aromatic heterocycles. The number of nitrogens with zero attached hydrogens (tertiary/aromatic N) is 2. The SMILES string of the molecule is CCOC(=O)c1c(NC(=S)NC(=O)c2nn(CC)cc2Br)sc2c1CCCCC2. The molecule has 7 nitrogen and oxygen atoms in total. The van der Waals surface area contributed by atoms with E-state index in [0.29, 0.717) is 28.2 Å². The molecule has 2 aromatic rings. The van der Waals surface area contributed by atoms with Gasteiger partial charge in [-0.2, -0.15) is 5.10 Å². The van der Waals surface area contributed by atoms with Crippen LogP contribution in [0.4, 0.5) is 5.00 Å². The van der Waals surface area contributed by atoms with E-state index in [2.05, 4.69) is 31.7 Å². The average Bonchev–Trinajstić information content (AvgIpc) is 3.13. The number of amides is 1.